The first-order valence-corrected chi connectivity index (χ1v) is 6.86. The van der Waals surface area contributed by atoms with E-state index in [-0.39, 0.29) is 17.8 Å². The van der Waals surface area contributed by atoms with Gasteiger partial charge in [-0.15, -0.1) is 5.92 Å². The lowest BCUT2D eigenvalue weighted by atomic mass is 10.2. The van der Waals surface area contributed by atoms with E-state index in [0.717, 1.165) is 10.1 Å². The molecular weight excluding hydrogens is 320 g/mol. The summed E-state index contributed by atoms with van der Waals surface area (Å²) >= 11 is 3.20. The van der Waals surface area contributed by atoms with Crippen molar-refractivity contribution in [3.05, 3.63) is 67.4 Å². The van der Waals surface area contributed by atoms with E-state index in [2.05, 4.69) is 27.8 Å². The summed E-state index contributed by atoms with van der Waals surface area (Å²) in [5.41, 5.74) is 0.278. The first-order valence-electron chi connectivity index (χ1n) is 6.07. The van der Waals surface area contributed by atoms with Crippen LogP contribution in [0.15, 0.2) is 50.6 Å². The number of halogens is 1. The molecule has 0 atom stereocenters. The highest BCUT2D eigenvalue weighted by Crippen LogP contribution is 2.04. The Morgan fingerprint density at radius 2 is 1.90 bits per heavy atom. The van der Waals surface area contributed by atoms with Gasteiger partial charge in [-0.05, 0) is 28.4 Å². The summed E-state index contributed by atoms with van der Waals surface area (Å²) in [7, 11) is 0. The molecule has 20 heavy (non-hydrogen) atoms. The van der Waals surface area contributed by atoms with Crippen LogP contribution in [0.3, 0.4) is 0 Å². The molecule has 2 rings (SSSR count). The van der Waals surface area contributed by atoms with Crippen LogP contribution >= 0.6 is 15.9 Å². The zero-order chi connectivity index (χ0) is 14.5. The summed E-state index contributed by atoms with van der Waals surface area (Å²) < 4.78 is 2.98. The smallest absolute Gasteiger partial charge is 0.295 e. The lowest BCUT2D eigenvalue weighted by molar-refractivity contribution is 0.619. The summed E-state index contributed by atoms with van der Waals surface area (Å²) in [5, 5.41) is 0. The molecule has 2 aromatic rings. The highest BCUT2D eigenvalue weighted by Gasteiger charge is 2.09. The molecule has 1 aromatic carbocycles. The van der Waals surface area contributed by atoms with Crippen LogP contribution in [0.1, 0.15) is 12.5 Å². The third-order valence-electron chi connectivity index (χ3n) is 2.80. The van der Waals surface area contributed by atoms with Crippen LogP contribution in [0, 0.1) is 11.8 Å². The van der Waals surface area contributed by atoms with Gasteiger partial charge in [-0.3, -0.25) is 9.36 Å². The Morgan fingerprint density at radius 1 is 1.20 bits per heavy atom. The van der Waals surface area contributed by atoms with Gasteiger partial charge in [0, 0.05) is 6.20 Å². The molecule has 0 saturated carbocycles. The lowest BCUT2D eigenvalue weighted by Crippen LogP contribution is -2.39. The first-order chi connectivity index (χ1) is 9.63. The van der Waals surface area contributed by atoms with Gasteiger partial charge in [0.1, 0.15) is 0 Å². The quantitative estimate of drug-likeness (QED) is 0.805. The van der Waals surface area contributed by atoms with Gasteiger partial charge in [0.2, 0.25) is 0 Å². The van der Waals surface area contributed by atoms with Gasteiger partial charge in [0.25, 0.3) is 5.56 Å². The summed E-state index contributed by atoms with van der Waals surface area (Å²) in [6.45, 7) is 2.19. The van der Waals surface area contributed by atoms with E-state index in [1.54, 1.807) is 6.92 Å². The van der Waals surface area contributed by atoms with Crippen LogP contribution in [0.2, 0.25) is 0 Å². The maximum Gasteiger partial charge on any atom is 0.332 e. The molecule has 4 nitrogen and oxygen atoms in total. The fourth-order valence-corrected chi connectivity index (χ4v) is 2.27. The van der Waals surface area contributed by atoms with Gasteiger partial charge in [0.05, 0.1) is 17.6 Å². The Labute approximate surface area is 124 Å². The average Bonchev–Trinajstić information content (AvgIpc) is 2.46. The van der Waals surface area contributed by atoms with Gasteiger partial charge >= 0.3 is 5.69 Å². The van der Waals surface area contributed by atoms with E-state index >= 15 is 0 Å². The SMILES string of the molecule is CC#CCn1c(=O)c(Br)cn(Cc2ccccc2)c1=O. The van der Waals surface area contributed by atoms with Crippen LogP contribution in [0.4, 0.5) is 0 Å². The van der Waals surface area contributed by atoms with Crippen molar-refractivity contribution in [1.29, 1.82) is 0 Å². The van der Waals surface area contributed by atoms with Crippen molar-refractivity contribution < 1.29 is 0 Å². The van der Waals surface area contributed by atoms with Crippen molar-refractivity contribution in [2.75, 3.05) is 0 Å². The van der Waals surface area contributed by atoms with E-state index in [9.17, 15) is 9.59 Å². The lowest BCUT2D eigenvalue weighted by Gasteiger charge is -2.09. The fraction of sp³-hybridized carbons (Fsp3) is 0.200. The molecular formula is C15H13BrN2O2. The van der Waals surface area contributed by atoms with Gasteiger partial charge in [-0.25, -0.2) is 9.36 Å². The standard InChI is InChI=1S/C15H13BrN2O2/c1-2-3-9-18-14(19)13(16)11-17(15(18)20)10-12-7-5-4-6-8-12/h4-8,11H,9-10H2,1H3. The third-order valence-corrected chi connectivity index (χ3v) is 3.35. The van der Waals surface area contributed by atoms with Crippen LogP contribution < -0.4 is 11.2 Å². The van der Waals surface area contributed by atoms with Crippen molar-refractivity contribution in [1.82, 2.24) is 9.13 Å². The number of hydrogen-bond donors (Lipinski definition) is 0. The number of nitrogens with zero attached hydrogens (tertiary/aromatic N) is 2. The molecule has 0 fully saturated rings. The molecule has 102 valence electrons. The number of hydrogen-bond acceptors (Lipinski definition) is 2. The van der Waals surface area contributed by atoms with Crippen molar-refractivity contribution in [2.45, 2.75) is 20.0 Å². The highest BCUT2D eigenvalue weighted by atomic mass is 79.9. The summed E-state index contributed by atoms with van der Waals surface area (Å²) in [6.07, 6.45) is 1.52. The predicted octanol–water partition coefficient (Wildman–Crippen LogP) is 1.84. The minimum absolute atomic E-state index is 0.0996. The largest absolute Gasteiger partial charge is 0.332 e. The van der Waals surface area contributed by atoms with Gasteiger partial charge < -0.3 is 0 Å². The molecule has 0 aliphatic heterocycles. The van der Waals surface area contributed by atoms with Crippen molar-refractivity contribution in [3.8, 4) is 11.8 Å². The maximum atomic E-state index is 12.3. The molecule has 0 amide bonds. The Balaban J connectivity index is 2.49. The van der Waals surface area contributed by atoms with E-state index < -0.39 is 0 Å². The Kier molecular flexibility index (Phi) is 4.59. The summed E-state index contributed by atoms with van der Waals surface area (Å²) in [6, 6.07) is 9.60. The molecule has 0 saturated heterocycles. The number of aromatic nitrogens is 2. The monoisotopic (exact) mass is 332 g/mol. The molecule has 1 heterocycles. The average molecular weight is 333 g/mol. The topological polar surface area (TPSA) is 44.0 Å². The van der Waals surface area contributed by atoms with Crippen LogP contribution in [-0.4, -0.2) is 9.13 Å². The van der Waals surface area contributed by atoms with Crippen LogP contribution in [-0.2, 0) is 13.1 Å². The predicted molar refractivity (Wildman–Crippen MR) is 81.7 cm³/mol. The maximum absolute atomic E-state index is 12.3. The van der Waals surface area contributed by atoms with Crippen LogP contribution in [0.5, 0.6) is 0 Å². The highest BCUT2D eigenvalue weighted by molar-refractivity contribution is 9.10. The minimum Gasteiger partial charge on any atom is -0.295 e. The molecule has 0 spiro atoms. The number of benzene rings is 1. The molecule has 0 aliphatic rings. The molecule has 0 bridgehead atoms. The molecule has 1 aromatic heterocycles. The molecule has 5 heteroatoms. The zero-order valence-electron chi connectivity index (χ0n) is 11.0. The zero-order valence-corrected chi connectivity index (χ0v) is 12.6. The van der Waals surface area contributed by atoms with Gasteiger partial charge in [-0.2, -0.15) is 0 Å². The van der Waals surface area contributed by atoms with Gasteiger partial charge in [-0.1, -0.05) is 36.3 Å². The second-order valence-corrected chi connectivity index (χ2v) is 5.05. The van der Waals surface area contributed by atoms with Crippen molar-refractivity contribution in [2.24, 2.45) is 0 Å². The third kappa shape index (κ3) is 3.09. The molecule has 0 aliphatic carbocycles. The van der Waals surface area contributed by atoms with Gasteiger partial charge in [0.15, 0.2) is 0 Å². The Bertz CT molecular complexity index is 779. The second-order valence-electron chi connectivity index (χ2n) is 4.19. The van der Waals surface area contributed by atoms with E-state index in [1.165, 1.54) is 10.8 Å². The van der Waals surface area contributed by atoms with E-state index in [4.69, 9.17) is 0 Å². The van der Waals surface area contributed by atoms with E-state index in [1.807, 2.05) is 30.3 Å². The minimum atomic E-state index is -0.359. The first kappa shape index (κ1) is 14.4. The van der Waals surface area contributed by atoms with Crippen LogP contribution in [0.25, 0.3) is 0 Å². The Morgan fingerprint density at radius 3 is 2.55 bits per heavy atom. The normalized spacial score (nSPS) is 9.90. The van der Waals surface area contributed by atoms with Crippen molar-refractivity contribution in [3.63, 3.8) is 0 Å². The van der Waals surface area contributed by atoms with Crippen molar-refractivity contribution >= 4 is 15.9 Å². The molecule has 0 radical (unpaired) electrons. The summed E-state index contributed by atoms with van der Waals surface area (Å²) in [5.74, 6) is 5.43. The fourth-order valence-electron chi connectivity index (χ4n) is 1.81. The molecule has 0 unspecified atom stereocenters. The second kappa shape index (κ2) is 6.40. The summed E-state index contributed by atoms with van der Waals surface area (Å²) in [4.78, 5) is 24.2. The molecule has 0 N–H and O–H groups in total. The Hall–Kier alpha value is -2.06. The van der Waals surface area contributed by atoms with E-state index in [0.29, 0.717) is 11.0 Å². The number of rotatable bonds is 3.